The molecular formula is C37H40N4. The second-order valence-corrected chi connectivity index (χ2v) is 9.54. The van der Waals surface area contributed by atoms with E-state index in [2.05, 4.69) is 115 Å². The third-order valence-electron chi connectivity index (χ3n) is 6.91. The Bertz CT molecular complexity index is 1710. The number of hydrogen-bond acceptors (Lipinski definition) is 4. The molecule has 2 aromatic heterocycles. The van der Waals surface area contributed by atoms with Crippen molar-refractivity contribution < 1.29 is 0 Å². The van der Waals surface area contributed by atoms with Crippen LogP contribution in [0.15, 0.2) is 110 Å². The normalized spacial score (nSPS) is 11.6. The van der Waals surface area contributed by atoms with Gasteiger partial charge in [0, 0.05) is 36.6 Å². The van der Waals surface area contributed by atoms with Gasteiger partial charge < -0.3 is 10.6 Å². The van der Waals surface area contributed by atoms with E-state index in [4.69, 9.17) is 9.97 Å². The van der Waals surface area contributed by atoms with Gasteiger partial charge in [0.15, 0.2) is 0 Å². The van der Waals surface area contributed by atoms with Gasteiger partial charge in [-0.15, -0.1) is 0 Å². The molecule has 0 aliphatic heterocycles. The predicted molar refractivity (Wildman–Crippen MR) is 178 cm³/mol. The molecular weight excluding hydrogens is 500 g/mol. The lowest BCUT2D eigenvalue weighted by molar-refractivity contribution is 0.947. The molecule has 208 valence electrons. The lowest BCUT2D eigenvalue weighted by atomic mass is 9.99. The van der Waals surface area contributed by atoms with Gasteiger partial charge in [0.2, 0.25) is 0 Å². The SMILES string of the molecule is C=C/C(=C\NC)c1cccc(-c2ccc3cc(-c4ccc5nc(/C(=C/CCC)NC)ccc5c4)ccc3n2)c1.CC. The largest absolute Gasteiger partial charge is 0.393 e. The maximum atomic E-state index is 4.98. The molecule has 4 heteroatoms. The minimum atomic E-state index is 0.950. The molecule has 0 radical (unpaired) electrons. The van der Waals surface area contributed by atoms with Crippen LogP contribution in [0.25, 0.3) is 55.5 Å². The monoisotopic (exact) mass is 540 g/mol. The molecule has 41 heavy (non-hydrogen) atoms. The van der Waals surface area contributed by atoms with Crippen LogP contribution >= 0.6 is 0 Å². The minimum absolute atomic E-state index is 0.950. The van der Waals surface area contributed by atoms with Crippen LogP contribution in [0.2, 0.25) is 0 Å². The van der Waals surface area contributed by atoms with Crippen molar-refractivity contribution in [2.24, 2.45) is 0 Å². The molecule has 2 heterocycles. The second kappa shape index (κ2) is 14.1. The van der Waals surface area contributed by atoms with Gasteiger partial charge in [0.1, 0.15) is 0 Å². The number of pyridine rings is 2. The van der Waals surface area contributed by atoms with E-state index < -0.39 is 0 Å². The van der Waals surface area contributed by atoms with Crippen LogP contribution in [-0.4, -0.2) is 24.1 Å². The van der Waals surface area contributed by atoms with Gasteiger partial charge >= 0.3 is 0 Å². The van der Waals surface area contributed by atoms with Gasteiger partial charge in [-0.25, -0.2) is 9.97 Å². The Labute approximate surface area is 244 Å². The van der Waals surface area contributed by atoms with Crippen LogP contribution in [0.1, 0.15) is 44.9 Å². The van der Waals surface area contributed by atoms with E-state index in [9.17, 15) is 0 Å². The zero-order chi connectivity index (χ0) is 29.2. The van der Waals surface area contributed by atoms with E-state index in [0.717, 1.165) is 74.0 Å². The van der Waals surface area contributed by atoms with Crippen LogP contribution in [0.5, 0.6) is 0 Å². The highest BCUT2D eigenvalue weighted by Crippen LogP contribution is 2.29. The topological polar surface area (TPSA) is 49.8 Å². The predicted octanol–water partition coefficient (Wildman–Crippen LogP) is 9.25. The van der Waals surface area contributed by atoms with E-state index in [-0.39, 0.29) is 0 Å². The van der Waals surface area contributed by atoms with Gasteiger partial charge in [-0.05, 0) is 71.1 Å². The Kier molecular flexibility index (Phi) is 10.1. The number of allylic oxidation sites excluding steroid dienone is 3. The average Bonchev–Trinajstić information content (AvgIpc) is 3.04. The number of unbranched alkanes of at least 4 members (excludes halogenated alkanes) is 1. The zero-order valence-electron chi connectivity index (χ0n) is 24.8. The summed E-state index contributed by atoms with van der Waals surface area (Å²) in [7, 11) is 3.84. The lowest BCUT2D eigenvalue weighted by Gasteiger charge is -2.10. The third kappa shape index (κ3) is 6.72. The number of aromatic nitrogens is 2. The Hall–Kier alpha value is -4.70. The van der Waals surface area contributed by atoms with E-state index in [0.29, 0.717) is 0 Å². The number of nitrogens with zero attached hydrogens (tertiary/aromatic N) is 2. The molecule has 4 nitrogen and oxygen atoms in total. The number of rotatable bonds is 9. The fourth-order valence-corrected chi connectivity index (χ4v) is 4.82. The van der Waals surface area contributed by atoms with E-state index in [1.165, 1.54) is 5.56 Å². The Balaban J connectivity index is 0.00000189. The molecule has 5 aromatic rings. The fraction of sp³-hybridized carbons (Fsp3) is 0.189. The third-order valence-corrected chi connectivity index (χ3v) is 6.91. The van der Waals surface area contributed by atoms with E-state index in [1.807, 2.05) is 40.2 Å². The average molecular weight is 541 g/mol. The van der Waals surface area contributed by atoms with E-state index in [1.54, 1.807) is 0 Å². The summed E-state index contributed by atoms with van der Waals surface area (Å²) < 4.78 is 0. The van der Waals surface area contributed by atoms with Gasteiger partial charge in [-0.3, -0.25) is 0 Å². The molecule has 0 atom stereocenters. The Morgan fingerprint density at radius 1 is 0.780 bits per heavy atom. The summed E-state index contributed by atoms with van der Waals surface area (Å²) in [6.07, 6.45) is 8.17. The van der Waals surface area contributed by atoms with Crippen molar-refractivity contribution in [3.63, 3.8) is 0 Å². The molecule has 0 aliphatic carbocycles. The first-order chi connectivity index (χ1) is 20.1. The van der Waals surface area contributed by atoms with Gasteiger partial charge in [-0.2, -0.15) is 0 Å². The molecule has 3 aromatic carbocycles. The first-order valence-electron chi connectivity index (χ1n) is 14.4. The number of fused-ring (bicyclic) bond motifs is 2. The van der Waals surface area contributed by atoms with Crippen LogP contribution in [0.4, 0.5) is 0 Å². The van der Waals surface area contributed by atoms with Crippen molar-refractivity contribution in [1.82, 2.24) is 20.6 Å². The first-order valence-corrected chi connectivity index (χ1v) is 14.4. The molecule has 0 bridgehead atoms. The minimum Gasteiger partial charge on any atom is -0.393 e. The molecule has 0 aliphatic rings. The highest BCUT2D eigenvalue weighted by Gasteiger charge is 2.08. The van der Waals surface area contributed by atoms with E-state index >= 15 is 0 Å². The molecule has 0 saturated carbocycles. The number of nitrogens with one attached hydrogen (secondary N) is 2. The van der Waals surface area contributed by atoms with Crippen molar-refractivity contribution in [2.75, 3.05) is 14.1 Å². The highest BCUT2D eigenvalue weighted by atomic mass is 14.9. The second-order valence-electron chi connectivity index (χ2n) is 9.54. The van der Waals surface area contributed by atoms with Gasteiger partial charge in [0.05, 0.1) is 28.1 Å². The van der Waals surface area contributed by atoms with Crippen LogP contribution in [0.3, 0.4) is 0 Å². The summed E-state index contributed by atoms with van der Waals surface area (Å²) in [5.74, 6) is 0. The summed E-state index contributed by atoms with van der Waals surface area (Å²) in [5.41, 5.74) is 10.5. The summed E-state index contributed by atoms with van der Waals surface area (Å²) in [6, 6.07) is 29.8. The number of benzene rings is 3. The fourth-order valence-electron chi connectivity index (χ4n) is 4.82. The maximum Gasteiger partial charge on any atom is 0.0865 e. The molecule has 2 N–H and O–H groups in total. The smallest absolute Gasteiger partial charge is 0.0865 e. The maximum absolute atomic E-state index is 4.98. The van der Waals surface area contributed by atoms with Crippen LogP contribution < -0.4 is 10.6 Å². The summed E-state index contributed by atoms with van der Waals surface area (Å²) in [4.78, 5) is 9.88. The lowest BCUT2D eigenvalue weighted by Crippen LogP contribution is -2.06. The molecule has 0 unspecified atom stereocenters. The number of hydrogen-bond donors (Lipinski definition) is 2. The van der Waals surface area contributed by atoms with Crippen molar-refractivity contribution in [3.05, 3.63) is 121 Å². The standard InChI is InChI=1S/C35H34N4.C2H6/c1-5-7-11-34(37-4)35-19-15-30-22-27(13-17-33(30)39-35)26-12-16-32-29(21-26)14-18-31(38-32)28-10-8-9-25(20-28)24(6-2)23-36-3;1-2/h6,8-23,36-37H,2,5,7H2,1,3-4H3;1-2H3/b24-23+,34-11-;. The van der Waals surface area contributed by atoms with Crippen molar-refractivity contribution in [3.8, 4) is 22.4 Å². The molecule has 0 amide bonds. The van der Waals surface area contributed by atoms with Crippen LogP contribution in [-0.2, 0) is 0 Å². The van der Waals surface area contributed by atoms with Crippen molar-refractivity contribution in [2.45, 2.75) is 33.6 Å². The van der Waals surface area contributed by atoms with Crippen molar-refractivity contribution >= 4 is 33.1 Å². The zero-order valence-corrected chi connectivity index (χ0v) is 24.8. The molecule has 5 rings (SSSR count). The molecule has 0 saturated heterocycles. The van der Waals surface area contributed by atoms with Gasteiger partial charge in [0.25, 0.3) is 0 Å². The molecule has 0 fully saturated rings. The quantitative estimate of drug-likeness (QED) is 0.183. The summed E-state index contributed by atoms with van der Waals surface area (Å²) in [5, 5.41) is 8.61. The Morgan fingerprint density at radius 2 is 1.46 bits per heavy atom. The highest BCUT2D eigenvalue weighted by molar-refractivity contribution is 5.90. The molecule has 0 spiro atoms. The summed E-state index contributed by atoms with van der Waals surface area (Å²) in [6.45, 7) is 10.1. The van der Waals surface area contributed by atoms with Crippen molar-refractivity contribution in [1.29, 1.82) is 0 Å². The van der Waals surface area contributed by atoms with Crippen LogP contribution in [0, 0.1) is 0 Å². The Morgan fingerprint density at radius 3 is 2.10 bits per heavy atom. The van der Waals surface area contributed by atoms with Gasteiger partial charge in [-0.1, -0.05) is 88.4 Å². The first kappa shape index (κ1) is 29.3. The summed E-state index contributed by atoms with van der Waals surface area (Å²) >= 11 is 0.